The van der Waals surface area contributed by atoms with Crippen LogP contribution in [-0.4, -0.2) is 27.3 Å². The minimum atomic E-state index is -1.08. The normalized spacial score (nSPS) is 15.5. The lowest BCUT2D eigenvalue weighted by molar-refractivity contribution is 0.0913. The van der Waals surface area contributed by atoms with Gasteiger partial charge >= 0.3 is 0 Å². The lowest BCUT2D eigenvalue weighted by Gasteiger charge is -2.14. The average Bonchev–Trinajstić information content (AvgIpc) is 3.30. The summed E-state index contributed by atoms with van der Waals surface area (Å²) in [5, 5.41) is 17.1. The van der Waals surface area contributed by atoms with E-state index in [2.05, 4.69) is 10.4 Å². The summed E-state index contributed by atoms with van der Waals surface area (Å²) < 4.78 is 15.6. The number of carbonyl (C=O) groups is 1. The van der Waals surface area contributed by atoms with Crippen LogP contribution in [0, 0.1) is 5.82 Å². The molecule has 1 aliphatic carbocycles. The van der Waals surface area contributed by atoms with E-state index in [1.165, 1.54) is 12.1 Å². The number of aromatic nitrogens is 2. The number of nitrogens with one attached hydrogen (secondary N) is 1. The van der Waals surface area contributed by atoms with Crippen LogP contribution in [0.25, 0.3) is 0 Å². The molecule has 2 aromatic rings. The molecule has 0 bridgehead atoms. The second kappa shape index (κ2) is 6.73. The monoisotopic (exact) mass is 331 g/mol. The summed E-state index contributed by atoms with van der Waals surface area (Å²) >= 11 is 0. The highest BCUT2D eigenvalue weighted by Crippen LogP contribution is 2.42. The fourth-order valence-electron chi connectivity index (χ4n) is 2.86. The van der Waals surface area contributed by atoms with E-state index >= 15 is 0 Å². The first-order chi connectivity index (χ1) is 11.5. The molecule has 1 atom stereocenters. The minimum Gasteiger partial charge on any atom is -0.386 e. The molecule has 3 rings (SSSR count). The van der Waals surface area contributed by atoms with Gasteiger partial charge in [0.05, 0.1) is 23.6 Å². The molecule has 0 aliphatic heterocycles. The first kappa shape index (κ1) is 16.6. The predicted molar refractivity (Wildman–Crippen MR) is 88.3 cm³/mol. The third kappa shape index (κ3) is 3.33. The summed E-state index contributed by atoms with van der Waals surface area (Å²) in [7, 11) is 0. The maximum absolute atomic E-state index is 13.7. The van der Waals surface area contributed by atoms with Gasteiger partial charge in [0.2, 0.25) is 0 Å². The predicted octanol–water partition coefficient (Wildman–Crippen LogP) is 2.94. The summed E-state index contributed by atoms with van der Waals surface area (Å²) in [5.74, 6) is -0.378. The number of amides is 1. The molecule has 1 heterocycles. The average molecular weight is 331 g/mol. The van der Waals surface area contributed by atoms with Crippen LogP contribution in [0.4, 0.5) is 4.39 Å². The molecule has 1 fully saturated rings. The molecule has 5 nitrogen and oxygen atoms in total. The van der Waals surface area contributed by atoms with Gasteiger partial charge in [-0.05, 0) is 32.8 Å². The molecule has 128 valence electrons. The van der Waals surface area contributed by atoms with E-state index in [9.17, 15) is 14.3 Å². The Kier molecular flexibility index (Phi) is 4.66. The topological polar surface area (TPSA) is 67.2 Å². The van der Waals surface area contributed by atoms with Gasteiger partial charge in [-0.2, -0.15) is 5.10 Å². The third-order valence-electron chi connectivity index (χ3n) is 4.25. The van der Waals surface area contributed by atoms with Crippen LogP contribution < -0.4 is 5.32 Å². The second-order valence-electron chi connectivity index (χ2n) is 6.50. The maximum Gasteiger partial charge on any atom is 0.254 e. The Hall–Kier alpha value is -2.21. The second-order valence-corrected chi connectivity index (χ2v) is 6.50. The third-order valence-corrected chi connectivity index (χ3v) is 4.25. The molecule has 2 N–H and O–H groups in total. The van der Waals surface area contributed by atoms with Gasteiger partial charge in [0.1, 0.15) is 5.82 Å². The highest BCUT2D eigenvalue weighted by Gasteiger charge is 2.33. The molecule has 1 aromatic carbocycles. The van der Waals surface area contributed by atoms with Gasteiger partial charge in [-0.15, -0.1) is 0 Å². The zero-order chi connectivity index (χ0) is 17.3. The highest BCUT2D eigenvalue weighted by atomic mass is 19.1. The quantitative estimate of drug-likeness (QED) is 0.855. The largest absolute Gasteiger partial charge is 0.386 e. The Labute approximate surface area is 140 Å². The minimum absolute atomic E-state index is 0.0449. The Morgan fingerprint density at radius 3 is 2.75 bits per heavy atom. The number of aliphatic hydroxyl groups is 1. The van der Waals surface area contributed by atoms with Gasteiger partial charge < -0.3 is 10.4 Å². The van der Waals surface area contributed by atoms with Crippen LogP contribution in [0.2, 0.25) is 0 Å². The molecule has 1 aromatic heterocycles. The number of carbonyl (C=O) groups excluding carboxylic acids is 1. The Balaban J connectivity index is 1.71. The lowest BCUT2D eigenvalue weighted by Crippen LogP contribution is -2.29. The van der Waals surface area contributed by atoms with E-state index in [-0.39, 0.29) is 24.1 Å². The van der Waals surface area contributed by atoms with E-state index in [4.69, 9.17) is 0 Å². The summed E-state index contributed by atoms with van der Waals surface area (Å²) in [6, 6.07) is 6.20. The smallest absolute Gasteiger partial charge is 0.254 e. The molecule has 0 radical (unpaired) electrons. The number of hydrogen-bond acceptors (Lipinski definition) is 3. The van der Waals surface area contributed by atoms with Crippen molar-refractivity contribution in [3.63, 3.8) is 0 Å². The SMILES string of the molecule is CC(C)n1ncc(C(=O)NCC(O)c2ccccc2F)c1C1CC1. The number of benzene rings is 1. The number of hydrogen-bond donors (Lipinski definition) is 2. The van der Waals surface area contributed by atoms with Crippen LogP contribution in [0.5, 0.6) is 0 Å². The first-order valence-electron chi connectivity index (χ1n) is 8.27. The van der Waals surface area contributed by atoms with Crippen LogP contribution in [0.15, 0.2) is 30.5 Å². The Bertz CT molecular complexity index is 738. The van der Waals surface area contributed by atoms with Crippen molar-refractivity contribution in [3.8, 4) is 0 Å². The number of aliphatic hydroxyl groups excluding tert-OH is 1. The molecule has 24 heavy (non-hydrogen) atoms. The van der Waals surface area contributed by atoms with Crippen molar-refractivity contribution < 1.29 is 14.3 Å². The molecule has 0 spiro atoms. The highest BCUT2D eigenvalue weighted by molar-refractivity contribution is 5.95. The number of halogens is 1. The van der Waals surface area contributed by atoms with Crippen molar-refractivity contribution in [3.05, 3.63) is 53.1 Å². The van der Waals surface area contributed by atoms with E-state index < -0.39 is 11.9 Å². The number of rotatable bonds is 6. The van der Waals surface area contributed by atoms with Gasteiger partial charge in [-0.3, -0.25) is 9.48 Å². The van der Waals surface area contributed by atoms with Crippen molar-refractivity contribution in [1.82, 2.24) is 15.1 Å². The van der Waals surface area contributed by atoms with Crippen molar-refractivity contribution in [2.45, 2.75) is 44.8 Å². The number of nitrogens with zero attached hydrogens (tertiary/aromatic N) is 2. The molecule has 0 saturated heterocycles. The summed E-state index contributed by atoms with van der Waals surface area (Å²) in [6.07, 6.45) is 2.63. The van der Waals surface area contributed by atoms with Gasteiger partial charge in [-0.25, -0.2) is 4.39 Å². The molecule has 6 heteroatoms. The Morgan fingerprint density at radius 2 is 2.12 bits per heavy atom. The zero-order valence-corrected chi connectivity index (χ0v) is 13.9. The summed E-state index contributed by atoms with van der Waals surface area (Å²) in [6.45, 7) is 4.02. The van der Waals surface area contributed by atoms with Gasteiger partial charge in [0, 0.05) is 24.1 Å². The lowest BCUT2D eigenvalue weighted by atomic mass is 10.1. The van der Waals surface area contributed by atoms with Gasteiger partial charge in [0.15, 0.2) is 0 Å². The van der Waals surface area contributed by atoms with E-state index in [0.29, 0.717) is 11.5 Å². The molecule has 1 saturated carbocycles. The molecular weight excluding hydrogens is 309 g/mol. The van der Waals surface area contributed by atoms with Gasteiger partial charge in [-0.1, -0.05) is 18.2 Å². The molecule has 1 unspecified atom stereocenters. The standard InChI is InChI=1S/C18H22FN3O2/c1-11(2)22-17(12-7-8-12)14(9-21-22)18(24)20-10-16(23)13-5-3-4-6-15(13)19/h3-6,9,11-12,16,23H,7-8,10H2,1-2H3,(H,20,24). The molecular formula is C18H22FN3O2. The molecule has 1 amide bonds. The van der Waals surface area contributed by atoms with Gasteiger partial charge in [0.25, 0.3) is 5.91 Å². The molecule has 1 aliphatic rings. The van der Waals surface area contributed by atoms with Crippen LogP contribution >= 0.6 is 0 Å². The van der Waals surface area contributed by atoms with Crippen molar-refractivity contribution in [2.24, 2.45) is 0 Å². The van der Waals surface area contributed by atoms with Crippen molar-refractivity contribution in [1.29, 1.82) is 0 Å². The zero-order valence-electron chi connectivity index (χ0n) is 13.9. The fraction of sp³-hybridized carbons (Fsp3) is 0.444. The van der Waals surface area contributed by atoms with Crippen molar-refractivity contribution >= 4 is 5.91 Å². The first-order valence-corrected chi connectivity index (χ1v) is 8.27. The maximum atomic E-state index is 13.7. The van der Waals surface area contributed by atoms with Crippen molar-refractivity contribution in [2.75, 3.05) is 6.54 Å². The van der Waals surface area contributed by atoms with Crippen LogP contribution in [-0.2, 0) is 0 Å². The van der Waals surface area contributed by atoms with E-state index in [0.717, 1.165) is 18.5 Å². The van der Waals surface area contributed by atoms with E-state index in [1.54, 1.807) is 18.3 Å². The van der Waals surface area contributed by atoms with Crippen LogP contribution in [0.1, 0.15) is 66.4 Å². The summed E-state index contributed by atoms with van der Waals surface area (Å²) in [5.41, 5.74) is 1.69. The fourth-order valence-corrected chi connectivity index (χ4v) is 2.86. The Morgan fingerprint density at radius 1 is 1.42 bits per heavy atom. The van der Waals surface area contributed by atoms with E-state index in [1.807, 2.05) is 18.5 Å². The summed E-state index contributed by atoms with van der Waals surface area (Å²) in [4.78, 5) is 12.5. The van der Waals surface area contributed by atoms with Crippen LogP contribution in [0.3, 0.4) is 0 Å².